The number of hydrogen-bond donors (Lipinski definition) is 12. The summed E-state index contributed by atoms with van der Waals surface area (Å²) in [6, 6.07) is 0. The number of likely N-dealkylation sites (N-methyl/N-ethyl adjacent to an activating group) is 6. The van der Waals surface area contributed by atoms with Crippen molar-refractivity contribution in [3.05, 3.63) is 65.5 Å². The lowest BCUT2D eigenvalue weighted by atomic mass is 10.1. The summed E-state index contributed by atoms with van der Waals surface area (Å²) in [5.74, 6) is -6.41. The van der Waals surface area contributed by atoms with Gasteiger partial charge in [-0.05, 0) is 203 Å². The monoisotopic (exact) mass is 2250 g/mol. The second kappa shape index (κ2) is 38.0. The first-order chi connectivity index (χ1) is 41.1. The van der Waals surface area contributed by atoms with E-state index in [9.17, 15) is 89.1 Å². The van der Waals surface area contributed by atoms with E-state index in [-0.39, 0.29) is 141 Å². The Bertz CT molecular complexity index is 2830. The number of rotatable bonds is 30. The van der Waals surface area contributed by atoms with Crippen molar-refractivity contribution in [1.82, 2.24) is 34.3 Å². The summed E-state index contributed by atoms with van der Waals surface area (Å²) in [5.41, 5.74) is 0.0733. The maximum absolute atomic E-state index is 14.8. The number of anilines is 3. The molecular formula is C51H63I9N10O18. The number of halogens is 9. The van der Waals surface area contributed by atoms with Gasteiger partial charge in [0.05, 0.1) is 110 Å². The van der Waals surface area contributed by atoms with Crippen LogP contribution in [0.3, 0.4) is 0 Å². The Kier molecular flexibility index (Phi) is 35.1. The standard InChI is InChI=1S/C51H63I9N10O18/c1-64(46(83)28-34(52)31(49(86)67(4)13-22(77)16-71)40(58)43(37(28)55)61-25(80)19-74)7-10-70(11-8-65(2)47(84)29-35(53)32(50(87)68(5)14-23(78)17-72)41(59)44(38(29)56)62-26(81)20-75)12-9-66(3)48(85)30-36(54)33(51(88)69(6)15-24(79)18-73)42(60)45(39(30)57)63-27(82)21-76/h22-24,71-79H,7-21H2,1-6H3,(H,61,80)(H,62,81)(H,63,82). The van der Waals surface area contributed by atoms with E-state index < -0.39 is 111 Å². The van der Waals surface area contributed by atoms with Crippen molar-refractivity contribution in [2.24, 2.45) is 0 Å². The Labute approximate surface area is 629 Å². The number of nitrogens with one attached hydrogen (secondary N) is 3. The lowest BCUT2D eigenvalue weighted by Crippen LogP contribution is -2.44. The number of nitrogens with zero attached hydrogens (tertiary/aromatic N) is 7. The minimum atomic E-state index is -1.30. The van der Waals surface area contributed by atoms with Gasteiger partial charge in [-0.15, -0.1) is 0 Å². The molecule has 3 aromatic rings. The van der Waals surface area contributed by atoms with Crippen molar-refractivity contribution in [2.45, 2.75) is 18.3 Å². The Hall–Kier alpha value is -0.940. The van der Waals surface area contributed by atoms with Gasteiger partial charge in [0, 0.05) is 112 Å². The fraction of sp³-hybridized carbons (Fsp3) is 0.471. The highest BCUT2D eigenvalue weighted by atomic mass is 127. The van der Waals surface area contributed by atoms with Gasteiger partial charge in [-0.3, -0.25) is 48.1 Å². The van der Waals surface area contributed by atoms with Crippen molar-refractivity contribution in [3.63, 3.8) is 0 Å². The first kappa shape index (κ1) is 81.3. The van der Waals surface area contributed by atoms with E-state index in [1.807, 2.05) is 208 Å². The van der Waals surface area contributed by atoms with Gasteiger partial charge < -0.3 is 91.3 Å². The molecule has 28 nitrogen and oxygen atoms in total. The Morgan fingerprint density at radius 2 is 0.500 bits per heavy atom. The molecule has 0 saturated heterocycles. The number of amides is 9. The Morgan fingerprint density at radius 1 is 0.318 bits per heavy atom. The van der Waals surface area contributed by atoms with Gasteiger partial charge in [-0.25, -0.2) is 0 Å². The maximum Gasteiger partial charge on any atom is 0.255 e. The normalized spacial score (nSPS) is 12.2. The lowest BCUT2D eigenvalue weighted by Gasteiger charge is -2.31. The average Bonchev–Trinajstić information content (AvgIpc) is 1.95. The van der Waals surface area contributed by atoms with E-state index in [4.69, 9.17) is 0 Å². The molecule has 0 aliphatic carbocycles. The van der Waals surface area contributed by atoms with E-state index in [0.29, 0.717) is 0 Å². The highest BCUT2D eigenvalue weighted by molar-refractivity contribution is 14.1. The highest BCUT2D eigenvalue weighted by Crippen LogP contribution is 2.40. The molecule has 0 aliphatic heterocycles. The van der Waals surface area contributed by atoms with Gasteiger partial charge in [0.25, 0.3) is 35.4 Å². The summed E-state index contributed by atoms with van der Waals surface area (Å²) in [6.45, 7) is -5.72. The number of aliphatic hydroxyl groups excluding tert-OH is 9. The fourth-order valence-corrected chi connectivity index (χ4v) is 21.1. The predicted molar refractivity (Wildman–Crippen MR) is 398 cm³/mol. The van der Waals surface area contributed by atoms with Crippen LogP contribution in [0.1, 0.15) is 62.1 Å². The van der Waals surface area contributed by atoms with Crippen molar-refractivity contribution >= 4 is 274 Å². The second-order valence-electron chi connectivity index (χ2n) is 19.4. The average molecular weight is 2250 g/mol. The van der Waals surface area contributed by atoms with Crippen LogP contribution in [0.4, 0.5) is 17.1 Å². The summed E-state index contributed by atoms with van der Waals surface area (Å²) in [4.78, 5) is 134. The summed E-state index contributed by atoms with van der Waals surface area (Å²) < 4.78 is 1.82. The molecule has 12 N–H and O–H groups in total. The minimum Gasteiger partial charge on any atom is -0.394 e. The fourth-order valence-electron chi connectivity index (χ4n) is 8.01. The van der Waals surface area contributed by atoms with Gasteiger partial charge in [0.1, 0.15) is 19.8 Å². The highest BCUT2D eigenvalue weighted by Gasteiger charge is 2.36. The van der Waals surface area contributed by atoms with Gasteiger partial charge in [-0.2, -0.15) is 0 Å². The second-order valence-corrected chi connectivity index (χ2v) is 29.1. The summed E-state index contributed by atoms with van der Waals surface area (Å²) in [7, 11) is 8.58. The SMILES string of the molecule is CN(CCN(CCN(C)C(=O)c1c(I)c(NC(=O)CO)c(I)c(C(=O)N(C)CC(O)CO)c1I)CCN(C)C(=O)c1c(I)c(NC(=O)CO)c(I)c(C(=O)N(C)CC(O)CO)c1I)C(=O)c1c(I)c(NC(=O)CO)c(I)c(C(=O)N(C)CC(O)CO)c1I. The van der Waals surface area contributed by atoms with Crippen LogP contribution in [0.5, 0.6) is 0 Å². The van der Waals surface area contributed by atoms with E-state index in [0.717, 1.165) is 14.7 Å². The predicted octanol–water partition coefficient (Wildman–Crippen LogP) is 1.11. The molecule has 3 unspecified atom stereocenters. The van der Waals surface area contributed by atoms with Crippen LogP contribution in [0.25, 0.3) is 0 Å². The molecule has 88 heavy (non-hydrogen) atoms. The molecule has 3 rings (SSSR count). The van der Waals surface area contributed by atoms with Crippen LogP contribution in [-0.4, -0.2) is 293 Å². The van der Waals surface area contributed by atoms with Crippen LogP contribution < -0.4 is 16.0 Å². The zero-order chi connectivity index (χ0) is 67.1. The number of aliphatic hydroxyl groups is 9. The molecule has 488 valence electrons. The molecule has 3 aromatic carbocycles. The summed E-state index contributed by atoms with van der Waals surface area (Å²) in [5, 5.41) is 96.0. The first-order valence-corrected chi connectivity index (χ1v) is 35.3. The third-order valence-electron chi connectivity index (χ3n) is 12.9. The van der Waals surface area contributed by atoms with Gasteiger partial charge in [0.15, 0.2) is 0 Å². The van der Waals surface area contributed by atoms with E-state index in [1.54, 1.807) is 0 Å². The van der Waals surface area contributed by atoms with Gasteiger partial charge in [-0.1, -0.05) is 0 Å². The largest absolute Gasteiger partial charge is 0.394 e. The van der Waals surface area contributed by atoms with Crippen LogP contribution in [0.15, 0.2) is 0 Å². The summed E-state index contributed by atoms with van der Waals surface area (Å²) >= 11 is 16.6. The zero-order valence-corrected chi connectivity index (χ0v) is 67.0. The summed E-state index contributed by atoms with van der Waals surface area (Å²) in [6.07, 6.45) is -3.91. The van der Waals surface area contributed by atoms with E-state index >= 15 is 0 Å². The van der Waals surface area contributed by atoms with Crippen molar-refractivity contribution < 1.29 is 89.1 Å². The molecule has 0 fully saturated rings. The lowest BCUT2D eigenvalue weighted by molar-refractivity contribution is -0.119. The molecular weight excluding hydrogens is 2180 g/mol. The molecule has 0 bridgehead atoms. The Balaban J connectivity index is 2.24. The molecule has 0 aliphatic rings. The maximum atomic E-state index is 14.8. The molecule has 9 amide bonds. The van der Waals surface area contributed by atoms with Crippen LogP contribution >= 0.6 is 203 Å². The number of carbonyl (C=O) groups is 9. The molecule has 0 aromatic heterocycles. The first-order valence-electron chi connectivity index (χ1n) is 25.6. The number of carbonyl (C=O) groups excluding carboxylic acids is 9. The third-order valence-corrected chi connectivity index (χ3v) is 22.6. The Morgan fingerprint density at radius 3 is 0.670 bits per heavy atom. The minimum absolute atomic E-state index is 0.00573. The van der Waals surface area contributed by atoms with Crippen molar-refractivity contribution in [1.29, 1.82) is 0 Å². The van der Waals surface area contributed by atoms with Crippen molar-refractivity contribution in [2.75, 3.05) is 157 Å². The van der Waals surface area contributed by atoms with E-state index in [2.05, 4.69) is 16.0 Å². The quantitative estimate of drug-likeness (QED) is 0.0416. The number of hydrogen-bond acceptors (Lipinski definition) is 19. The van der Waals surface area contributed by atoms with Gasteiger partial charge >= 0.3 is 0 Å². The molecule has 0 heterocycles. The zero-order valence-electron chi connectivity index (χ0n) is 47.6. The van der Waals surface area contributed by atoms with E-state index in [1.165, 1.54) is 57.0 Å². The van der Waals surface area contributed by atoms with Crippen LogP contribution in [0.2, 0.25) is 0 Å². The molecule has 37 heteroatoms. The topological polar surface area (TPSA) is 394 Å². The molecule has 3 atom stereocenters. The smallest absolute Gasteiger partial charge is 0.255 e. The number of benzene rings is 3. The third kappa shape index (κ3) is 20.8. The van der Waals surface area contributed by atoms with Crippen molar-refractivity contribution in [3.8, 4) is 0 Å². The van der Waals surface area contributed by atoms with Crippen LogP contribution in [-0.2, 0) is 14.4 Å². The van der Waals surface area contributed by atoms with Crippen LogP contribution in [0, 0.1) is 32.1 Å². The van der Waals surface area contributed by atoms with Gasteiger partial charge in [0.2, 0.25) is 17.7 Å². The molecule has 0 saturated carbocycles. The molecule has 0 spiro atoms. The molecule has 0 radical (unpaired) electrons.